The summed E-state index contributed by atoms with van der Waals surface area (Å²) < 4.78 is 0. The average Bonchev–Trinajstić information content (AvgIpc) is 2.48. The van der Waals surface area contributed by atoms with Gasteiger partial charge in [0.2, 0.25) is 5.91 Å². The molecule has 0 bridgehead atoms. The van der Waals surface area contributed by atoms with Crippen LogP contribution < -0.4 is 5.73 Å². The molecule has 0 saturated carbocycles. The molecule has 1 aromatic rings. The van der Waals surface area contributed by atoms with Gasteiger partial charge in [-0.2, -0.15) is 0 Å². The Morgan fingerprint density at radius 1 is 1.24 bits per heavy atom. The van der Waals surface area contributed by atoms with Crippen LogP contribution in [0.2, 0.25) is 0 Å². The smallest absolute Gasteiger partial charge is 0.229 e. The molecule has 122 valence electrons. The van der Waals surface area contributed by atoms with Gasteiger partial charge in [0.1, 0.15) is 0 Å². The second kappa shape index (κ2) is 10.8. The minimum atomic E-state index is -0.396. The van der Waals surface area contributed by atoms with Crippen LogP contribution in [-0.4, -0.2) is 35.9 Å². The second-order valence-corrected chi connectivity index (χ2v) is 5.02. The lowest BCUT2D eigenvalue weighted by molar-refractivity contribution is -0.140. The number of nitrogens with two attached hydrogens (primary N) is 1. The van der Waals surface area contributed by atoms with Gasteiger partial charge in [0.05, 0.1) is 5.41 Å². The van der Waals surface area contributed by atoms with Gasteiger partial charge in [0, 0.05) is 32.5 Å². The van der Waals surface area contributed by atoms with Crippen molar-refractivity contribution in [3.63, 3.8) is 0 Å². The lowest BCUT2D eigenvalue weighted by Crippen LogP contribution is -2.46. The maximum absolute atomic E-state index is 12.5. The van der Waals surface area contributed by atoms with Crippen molar-refractivity contribution in [3.8, 4) is 0 Å². The van der Waals surface area contributed by atoms with Gasteiger partial charge in [0.25, 0.3) is 0 Å². The van der Waals surface area contributed by atoms with Crippen molar-refractivity contribution >= 4 is 30.7 Å². The third-order valence-corrected chi connectivity index (χ3v) is 4.03. The SMILES string of the molecule is CCC(CC)(CN)C(=O)N(C)CCc1ccncc1.Cl.Cl. The van der Waals surface area contributed by atoms with Gasteiger partial charge in [-0.3, -0.25) is 9.78 Å². The minimum absolute atomic E-state index is 0. The van der Waals surface area contributed by atoms with E-state index in [1.54, 1.807) is 17.3 Å². The number of pyridine rings is 1. The molecule has 0 radical (unpaired) electrons. The number of likely N-dealkylation sites (N-methyl/N-ethyl adjacent to an activating group) is 1. The number of carbonyl (C=O) groups is 1. The number of rotatable bonds is 7. The molecule has 1 amide bonds. The monoisotopic (exact) mass is 335 g/mol. The Balaban J connectivity index is 0. The minimum Gasteiger partial charge on any atom is -0.345 e. The largest absolute Gasteiger partial charge is 0.345 e. The van der Waals surface area contributed by atoms with Gasteiger partial charge >= 0.3 is 0 Å². The van der Waals surface area contributed by atoms with Crippen LogP contribution in [0.1, 0.15) is 32.3 Å². The fraction of sp³-hybridized carbons (Fsp3) is 0.600. The molecule has 1 heterocycles. The summed E-state index contributed by atoms with van der Waals surface area (Å²) in [6, 6.07) is 3.96. The van der Waals surface area contributed by atoms with E-state index in [-0.39, 0.29) is 30.7 Å². The number of aromatic nitrogens is 1. The summed E-state index contributed by atoms with van der Waals surface area (Å²) >= 11 is 0. The van der Waals surface area contributed by atoms with E-state index in [4.69, 9.17) is 5.73 Å². The Hall–Kier alpha value is -0.840. The number of carbonyl (C=O) groups excluding carboxylic acids is 1. The van der Waals surface area contributed by atoms with Crippen LogP contribution in [-0.2, 0) is 11.2 Å². The molecule has 21 heavy (non-hydrogen) atoms. The fourth-order valence-corrected chi connectivity index (χ4v) is 2.28. The molecule has 0 aliphatic carbocycles. The molecule has 0 aromatic carbocycles. The van der Waals surface area contributed by atoms with Crippen LogP contribution in [0.25, 0.3) is 0 Å². The molecule has 2 N–H and O–H groups in total. The third kappa shape index (κ3) is 5.81. The number of nitrogens with zero attached hydrogens (tertiary/aromatic N) is 2. The molecule has 6 heteroatoms. The Kier molecular flexibility index (Phi) is 11.6. The molecular weight excluding hydrogens is 309 g/mol. The summed E-state index contributed by atoms with van der Waals surface area (Å²) in [5.74, 6) is 0.161. The van der Waals surface area contributed by atoms with E-state index in [0.29, 0.717) is 13.1 Å². The number of halogens is 2. The highest BCUT2D eigenvalue weighted by Gasteiger charge is 2.35. The molecule has 0 aliphatic rings. The van der Waals surface area contributed by atoms with Crippen LogP contribution >= 0.6 is 24.8 Å². The number of amides is 1. The van der Waals surface area contributed by atoms with Crippen LogP contribution in [0.15, 0.2) is 24.5 Å². The fourth-order valence-electron chi connectivity index (χ4n) is 2.28. The average molecular weight is 336 g/mol. The van der Waals surface area contributed by atoms with E-state index in [0.717, 1.165) is 19.3 Å². The zero-order chi connectivity index (χ0) is 14.3. The molecule has 1 aromatic heterocycles. The highest BCUT2D eigenvalue weighted by Crippen LogP contribution is 2.27. The first-order valence-corrected chi connectivity index (χ1v) is 6.94. The van der Waals surface area contributed by atoms with Crippen molar-refractivity contribution in [2.45, 2.75) is 33.1 Å². The molecule has 0 fully saturated rings. The van der Waals surface area contributed by atoms with Crippen LogP contribution in [0.4, 0.5) is 0 Å². The second-order valence-electron chi connectivity index (χ2n) is 5.02. The van der Waals surface area contributed by atoms with E-state index in [1.807, 2.05) is 33.0 Å². The van der Waals surface area contributed by atoms with E-state index >= 15 is 0 Å². The first-order valence-electron chi connectivity index (χ1n) is 6.94. The topological polar surface area (TPSA) is 59.2 Å². The van der Waals surface area contributed by atoms with Crippen LogP contribution in [0.5, 0.6) is 0 Å². The molecule has 0 atom stereocenters. The van der Waals surface area contributed by atoms with E-state index in [1.165, 1.54) is 5.56 Å². The Morgan fingerprint density at radius 2 is 1.76 bits per heavy atom. The molecule has 0 saturated heterocycles. The number of hydrogen-bond acceptors (Lipinski definition) is 3. The van der Waals surface area contributed by atoms with Gasteiger partial charge in [-0.25, -0.2) is 0 Å². The first-order chi connectivity index (χ1) is 9.09. The van der Waals surface area contributed by atoms with Gasteiger partial charge in [-0.15, -0.1) is 24.8 Å². The van der Waals surface area contributed by atoms with Crippen molar-refractivity contribution in [1.29, 1.82) is 0 Å². The maximum atomic E-state index is 12.5. The van der Waals surface area contributed by atoms with E-state index in [9.17, 15) is 4.79 Å². The predicted octanol–water partition coefficient (Wildman–Crippen LogP) is 2.69. The van der Waals surface area contributed by atoms with Crippen LogP contribution in [0.3, 0.4) is 0 Å². The van der Waals surface area contributed by atoms with E-state index in [2.05, 4.69) is 4.98 Å². The molecule has 1 rings (SSSR count). The quantitative estimate of drug-likeness (QED) is 0.833. The molecule has 0 aliphatic heterocycles. The van der Waals surface area contributed by atoms with Crippen molar-refractivity contribution in [2.24, 2.45) is 11.1 Å². The van der Waals surface area contributed by atoms with Gasteiger partial charge < -0.3 is 10.6 Å². The zero-order valence-corrected chi connectivity index (χ0v) is 14.7. The van der Waals surface area contributed by atoms with Crippen molar-refractivity contribution in [1.82, 2.24) is 9.88 Å². The lowest BCUT2D eigenvalue weighted by Gasteiger charge is -2.33. The van der Waals surface area contributed by atoms with Gasteiger partial charge in [-0.1, -0.05) is 13.8 Å². The zero-order valence-electron chi connectivity index (χ0n) is 13.0. The summed E-state index contributed by atoms with van der Waals surface area (Å²) in [5, 5.41) is 0. The summed E-state index contributed by atoms with van der Waals surface area (Å²) in [6.45, 7) is 5.19. The third-order valence-electron chi connectivity index (χ3n) is 4.03. The Bertz CT molecular complexity index is 389. The lowest BCUT2D eigenvalue weighted by atomic mass is 9.81. The summed E-state index contributed by atoms with van der Waals surface area (Å²) in [7, 11) is 1.86. The first kappa shape index (κ1) is 22.4. The Morgan fingerprint density at radius 3 is 2.19 bits per heavy atom. The highest BCUT2D eigenvalue weighted by molar-refractivity contribution is 5.85. The summed E-state index contributed by atoms with van der Waals surface area (Å²) in [4.78, 5) is 18.3. The predicted molar refractivity (Wildman–Crippen MR) is 92.1 cm³/mol. The van der Waals surface area contributed by atoms with Crippen molar-refractivity contribution in [3.05, 3.63) is 30.1 Å². The van der Waals surface area contributed by atoms with Crippen LogP contribution in [0, 0.1) is 5.41 Å². The summed E-state index contributed by atoms with van der Waals surface area (Å²) in [5.41, 5.74) is 6.62. The molecular formula is C15H27Cl2N3O. The standard InChI is InChI=1S/C15H25N3O.2ClH/c1-4-15(5-2,12-16)14(19)18(3)11-8-13-6-9-17-10-7-13;;/h6-7,9-10H,4-5,8,11-12,16H2,1-3H3;2*1H. The van der Waals surface area contributed by atoms with Crippen molar-refractivity contribution in [2.75, 3.05) is 20.1 Å². The molecule has 0 spiro atoms. The molecule has 0 unspecified atom stereocenters. The summed E-state index contributed by atoms with van der Waals surface area (Å²) in [6.07, 6.45) is 5.98. The Labute approximate surface area is 140 Å². The highest BCUT2D eigenvalue weighted by atomic mass is 35.5. The molecule has 4 nitrogen and oxygen atoms in total. The normalized spacial score (nSPS) is 10.3. The van der Waals surface area contributed by atoms with Crippen molar-refractivity contribution < 1.29 is 4.79 Å². The van der Waals surface area contributed by atoms with E-state index < -0.39 is 5.41 Å². The van der Waals surface area contributed by atoms with Gasteiger partial charge in [-0.05, 0) is 37.0 Å². The number of hydrogen-bond donors (Lipinski definition) is 1. The van der Waals surface area contributed by atoms with Gasteiger partial charge in [0.15, 0.2) is 0 Å². The maximum Gasteiger partial charge on any atom is 0.229 e.